The first-order valence-electron chi connectivity index (χ1n) is 9.37. The summed E-state index contributed by atoms with van der Waals surface area (Å²) >= 11 is 0. The lowest BCUT2D eigenvalue weighted by molar-refractivity contribution is -0.117. The van der Waals surface area contributed by atoms with Gasteiger partial charge in [0.05, 0.1) is 0 Å². The predicted molar refractivity (Wildman–Crippen MR) is 104 cm³/mol. The largest absolute Gasteiger partial charge is 0.349 e. The summed E-state index contributed by atoms with van der Waals surface area (Å²) in [6.07, 6.45) is 7.04. The molecule has 1 heterocycles. The molecule has 1 aliphatic carbocycles. The highest BCUT2D eigenvalue weighted by molar-refractivity contribution is 6.02. The van der Waals surface area contributed by atoms with Gasteiger partial charge in [-0.15, -0.1) is 0 Å². The van der Waals surface area contributed by atoms with Crippen LogP contribution in [0.4, 0.5) is 4.39 Å². The minimum absolute atomic E-state index is 0.111. The number of rotatable bonds is 4. The van der Waals surface area contributed by atoms with Crippen molar-refractivity contribution in [3.05, 3.63) is 58.7 Å². The molecule has 2 aromatic rings. The highest BCUT2D eigenvalue weighted by Gasteiger charge is 2.19. The Kier molecular flexibility index (Phi) is 5.75. The average molecular weight is 365 g/mol. The lowest BCUT2D eigenvalue weighted by Gasteiger charge is -2.22. The number of hydrogen-bond acceptors (Lipinski definition) is 2. The number of nitriles is 1. The number of carbonyl (C=O) groups excluding carboxylic acids is 1. The van der Waals surface area contributed by atoms with Gasteiger partial charge in [-0.2, -0.15) is 5.26 Å². The molecule has 0 saturated heterocycles. The van der Waals surface area contributed by atoms with E-state index in [2.05, 4.69) is 5.32 Å². The third kappa shape index (κ3) is 4.28. The third-order valence-electron chi connectivity index (χ3n) is 5.16. The van der Waals surface area contributed by atoms with Crippen LogP contribution in [0.25, 0.3) is 11.8 Å². The molecule has 1 fully saturated rings. The molecule has 1 aromatic carbocycles. The van der Waals surface area contributed by atoms with Crippen LogP contribution in [0.15, 0.2) is 35.9 Å². The maximum Gasteiger partial charge on any atom is 0.262 e. The van der Waals surface area contributed by atoms with E-state index in [1.807, 2.05) is 30.6 Å². The van der Waals surface area contributed by atoms with E-state index in [0.29, 0.717) is 0 Å². The lowest BCUT2D eigenvalue weighted by atomic mass is 9.95. The van der Waals surface area contributed by atoms with Gasteiger partial charge in [0.1, 0.15) is 17.5 Å². The summed E-state index contributed by atoms with van der Waals surface area (Å²) in [5, 5.41) is 12.5. The predicted octanol–water partition coefficient (Wildman–Crippen LogP) is 4.59. The Morgan fingerprint density at radius 2 is 1.89 bits per heavy atom. The van der Waals surface area contributed by atoms with Crippen molar-refractivity contribution in [2.75, 3.05) is 0 Å². The number of nitrogens with one attached hydrogen (secondary N) is 1. The van der Waals surface area contributed by atoms with Crippen LogP contribution in [0.3, 0.4) is 0 Å². The zero-order chi connectivity index (χ0) is 19.4. The summed E-state index contributed by atoms with van der Waals surface area (Å²) in [4.78, 5) is 12.5. The molecule has 1 aliphatic rings. The first-order valence-corrected chi connectivity index (χ1v) is 9.37. The molecule has 0 spiro atoms. The monoisotopic (exact) mass is 365 g/mol. The van der Waals surface area contributed by atoms with Crippen LogP contribution in [0.2, 0.25) is 0 Å². The van der Waals surface area contributed by atoms with Gasteiger partial charge in [-0.05, 0) is 68.7 Å². The molecule has 1 N–H and O–H groups in total. The number of benzene rings is 1. The first-order chi connectivity index (χ1) is 13.0. The van der Waals surface area contributed by atoms with E-state index >= 15 is 0 Å². The van der Waals surface area contributed by atoms with Gasteiger partial charge in [0.2, 0.25) is 0 Å². The van der Waals surface area contributed by atoms with Crippen molar-refractivity contribution in [2.24, 2.45) is 0 Å². The van der Waals surface area contributed by atoms with Crippen LogP contribution in [0.1, 0.15) is 49.1 Å². The number of carbonyl (C=O) groups is 1. The molecule has 27 heavy (non-hydrogen) atoms. The number of aryl methyl sites for hydroxylation is 1. The average Bonchev–Trinajstić information content (AvgIpc) is 2.94. The van der Waals surface area contributed by atoms with Crippen molar-refractivity contribution in [3.8, 4) is 11.8 Å². The maximum absolute atomic E-state index is 13.2. The molecule has 140 valence electrons. The van der Waals surface area contributed by atoms with Crippen LogP contribution in [-0.4, -0.2) is 16.5 Å². The lowest BCUT2D eigenvalue weighted by Crippen LogP contribution is -2.36. The molecule has 0 bridgehead atoms. The highest BCUT2D eigenvalue weighted by Crippen LogP contribution is 2.23. The molecule has 1 amide bonds. The molecule has 0 radical (unpaired) electrons. The van der Waals surface area contributed by atoms with E-state index in [-0.39, 0.29) is 23.3 Å². The fourth-order valence-electron chi connectivity index (χ4n) is 3.74. The standard InChI is InChI=1S/C22H24FN3O/c1-15-12-17(16(2)26(15)21-10-8-19(23)9-11-21)13-18(14-24)22(27)25-20-6-4-3-5-7-20/h8-13,20H,3-7H2,1-2H3,(H,25,27)/b18-13+. The van der Waals surface area contributed by atoms with Crippen LogP contribution in [0.5, 0.6) is 0 Å². The van der Waals surface area contributed by atoms with E-state index in [1.54, 1.807) is 18.2 Å². The maximum atomic E-state index is 13.2. The Morgan fingerprint density at radius 1 is 1.22 bits per heavy atom. The van der Waals surface area contributed by atoms with E-state index in [1.165, 1.54) is 18.6 Å². The van der Waals surface area contributed by atoms with Crippen LogP contribution in [-0.2, 0) is 4.79 Å². The second kappa shape index (κ2) is 8.22. The van der Waals surface area contributed by atoms with E-state index in [9.17, 15) is 14.4 Å². The Hall–Kier alpha value is -2.87. The quantitative estimate of drug-likeness (QED) is 0.636. The zero-order valence-corrected chi connectivity index (χ0v) is 15.8. The number of hydrogen-bond donors (Lipinski definition) is 1. The minimum Gasteiger partial charge on any atom is -0.349 e. The molecule has 5 heteroatoms. The third-order valence-corrected chi connectivity index (χ3v) is 5.16. The van der Waals surface area contributed by atoms with Gasteiger partial charge in [0, 0.05) is 23.1 Å². The van der Waals surface area contributed by atoms with E-state index < -0.39 is 0 Å². The molecule has 3 rings (SSSR count). The van der Waals surface area contributed by atoms with Gasteiger partial charge in [0.25, 0.3) is 5.91 Å². The van der Waals surface area contributed by atoms with Gasteiger partial charge in [0.15, 0.2) is 0 Å². The molecule has 4 nitrogen and oxygen atoms in total. The number of aromatic nitrogens is 1. The SMILES string of the molecule is Cc1cc(/C=C(\C#N)C(=O)NC2CCCCC2)c(C)n1-c1ccc(F)cc1. The molecule has 1 aromatic heterocycles. The van der Waals surface area contributed by atoms with Gasteiger partial charge < -0.3 is 9.88 Å². The molecule has 0 aliphatic heterocycles. The molecule has 0 unspecified atom stereocenters. The Morgan fingerprint density at radius 3 is 2.52 bits per heavy atom. The second-order valence-electron chi connectivity index (χ2n) is 7.12. The number of halogens is 1. The highest BCUT2D eigenvalue weighted by atomic mass is 19.1. The Bertz CT molecular complexity index is 897. The van der Waals surface area contributed by atoms with Crippen molar-refractivity contribution in [3.63, 3.8) is 0 Å². The normalized spacial score (nSPS) is 15.4. The van der Waals surface area contributed by atoms with Gasteiger partial charge in [-0.25, -0.2) is 4.39 Å². The van der Waals surface area contributed by atoms with Crippen molar-refractivity contribution >= 4 is 12.0 Å². The first kappa shape index (κ1) is 18.9. The molecular weight excluding hydrogens is 341 g/mol. The van der Waals surface area contributed by atoms with Crippen molar-refractivity contribution in [2.45, 2.75) is 52.0 Å². The summed E-state index contributed by atoms with van der Waals surface area (Å²) in [6, 6.07) is 10.4. The summed E-state index contributed by atoms with van der Waals surface area (Å²) in [7, 11) is 0. The second-order valence-corrected chi connectivity index (χ2v) is 7.12. The van der Waals surface area contributed by atoms with Crippen molar-refractivity contribution < 1.29 is 9.18 Å². The topological polar surface area (TPSA) is 57.8 Å². The van der Waals surface area contributed by atoms with Gasteiger partial charge >= 0.3 is 0 Å². The Labute approximate surface area is 159 Å². The summed E-state index contributed by atoms with van der Waals surface area (Å²) in [6.45, 7) is 3.87. The summed E-state index contributed by atoms with van der Waals surface area (Å²) in [5.41, 5.74) is 3.62. The molecule has 1 saturated carbocycles. The van der Waals surface area contributed by atoms with Crippen molar-refractivity contribution in [1.82, 2.24) is 9.88 Å². The van der Waals surface area contributed by atoms with Crippen molar-refractivity contribution in [1.29, 1.82) is 5.26 Å². The van der Waals surface area contributed by atoms with Crippen LogP contribution >= 0.6 is 0 Å². The zero-order valence-electron chi connectivity index (χ0n) is 15.8. The fraction of sp³-hybridized carbons (Fsp3) is 0.364. The summed E-state index contributed by atoms with van der Waals surface area (Å²) < 4.78 is 15.2. The van der Waals surface area contributed by atoms with E-state index in [4.69, 9.17) is 0 Å². The number of amides is 1. The van der Waals surface area contributed by atoms with Crippen LogP contribution < -0.4 is 5.32 Å². The van der Waals surface area contributed by atoms with Gasteiger partial charge in [-0.3, -0.25) is 4.79 Å². The molecular formula is C22H24FN3O. The fourth-order valence-corrected chi connectivity index (χ4v) is 3.74. The smallest absolute Gasteiger partial charge is 0.262 e. The molecule has 0 atom stereocenters. The number of nitrogens with zero attached hydrogens (tertiary/aromatic N) is 2. The van der Waals surface area contributed by atoms with E-state index in [0.717, 1.165) is 48.3 Å². The summed E-state index contributed by atoms with van der Waals surface area (Å²) in [5.74, 6) is -0.594. The Balaban J connectivity index is 1.86. The minimum atomic E-state index is -0.309. The van der Waals surface area contributed by atoms with Crippen LogP contribution in [0, 0.1) is 31.0 Å². The van der Waals surface area contributed by atoms with Gasteiger partial charge in [-0.1, -0.05) is 19.3 Å².